The van der Waals surface area contributed by atoms with E-state index in [1.165, 1.54) is 5.56 Å². The minimum absolute atomic E-state index is 0.118. The summed E-state index contributed by atoms with van der Waals surface area (Å²) in [6, 6.07) is 18.3. The zero-order valence-corrected chi connectivity index (χ0v) is 18.5. The minimum Gasteiger partial charge on any atom is -0.453 e. The second-order valence-corrected chi connectivity index (χ2v) is 8.91. The van der Waals surface area contributed by atoms with E-state index < -0.39 is 6.10 Å². The summed E-state index contributed by atoms with van der Waals surface area (Å²) in [6.07, 6.45) is -0.0111. The van der Waals surface area contributed by atoms with E-state index in [0.29, 0.717) is 19.5 Å². The molecule has 0 radical (unpaired) electrons. The molecule has 0 spiro atoms. The van der Waals surface area contributed by atoms with Gasteiger partial charge in [-0.05, 0) is 24.6 Å². The molecule has 1 fully saturated rings. The van der Waals surface area contributed by atoms with Gasteiger partial charge < -0.3 is 9.64 Å². The van der Waals surface area contributed by atoms with E-state index in [4.69, 9.17) is 4.74 Å². The van der Waals surface area contributed by atoms with Crippen LogP contribution < -0.4 is 0 Å². The van der Waals surface area contributed by atoms with Crippen molar-refractivity contribution in [3.8, 4) is 0 Å². The van der Waals surface area contributed by atoms with Gasteiger partial charge in [0.2, 0.25) is 0 Å². The minimum atomic E-state index is -0.761. The Morgan fingerprint density at radius 3 is 2.48 bits per heavy atom. The third-order valence-corrected chi connectivity index (χ3v) is 6.57. The molecule has 7 heteroatoms. The van der Waals surface area contributed by atoms with Crippen LogP contribution in [0.3, 0.4) is 0 Å². The molecule has 31 heavy (non-hydrogen) atoms. The Labute approximate surface area is 186 Å². The molecule has 1 aliphatic rings. The number of esters is 1. The Kier molecular flexibility index (Phi) is 6.94. The fourth-order valence-corrected chi connectivity index (χ4v) is 4.73. The predicted octanol–water partition coefficient (Wildman–Crippen LogP) is 3.51. The van der Waals surface area contributed by atoms with E-state index in [9.17, 15) is 9.59 Å². The summed E-state index contributed by atoms with van der Waals surface area (Å²) < 4.78 is 6.53. The summed E-state index contributed by atoms with van der Waals surface area (Å²) in [4.78, 5) is 33.7. The predicted molar refractivity (Wildman–Crippen MR) is 122 cm³/mol. The van der Waals surface area contributed by atoms with Crippen LogP contribution >= 0.6 is 11.3 Å². The van der Waals surface area contributed by atoms with E-state index in [2.05, 4.69) is 22.0 Å². The number of nitrogens with zero attached hydrogens (tertiary/aromatic N) is 3. The number of carbonyl (C=O) groups is 2. The molecule has 1 unspecified atom stereocenters. The van der Waals surface area contributed by atoms with Gasteiger partial charge in [-0.2, -0.15) is 0 Å². The van der Waals surface area contributed by atoms with Crippen molar-refractivity contribution in [3.63, 3.8) is 0 Å². The van der Waals surface area contributed by atoms with Gasteiger partial charge in [-0.25, -0.2) is 4.98 Å². The lowest BCUT2D eigenvalue weighted by molar-refractivity contribution is -0.159. The highest BCUT2D eigenvalue weighted by atomic mass is 32.1. The molecule has 2 heterocycles. The van der Waals surface area contributed by atoms with Crippen LogP contribution in [0, 0.1) is 0 Å². The second kappa shape index (κ2) is 10.0. The van der Waals surface area contributed by atoms with Crippen LogP contribution in [0.1, 0.15) is 23.9 Å². The molecule has 3 aromatic rings. The Hall–Kier alpha value is -2.77. The Bertz CT molecular complexity index is 996. The van der Waals surface area contributed by atoms with E-state index in [1.54, 1.807) is 23.2 Å². The lowest BCUT2D eigenvalue weighted by atomic mass is 10.2. The van der Waals surface area contributed by atoms with Crippen LogP contribution in [0.15, 0.2) is 54.6 Å². The Morgan fingerprint density at radius 1 is 1.03 bits per heavy atom. The molecule has 0 aliphatic carbocycles. The van der Waals surface area contributed by atoms with E-state index in [1.807, 2.05) is 42.5 Å². The molecular formula is C24H27N3O3S. The van der Waals surface area contributed by atoms with Gasteiger partial charge in [0.15, 0.2) is 6.10 Å². The second-order valence-electron chi connectivity index (χ2n) is 7.79. The molecule has 1 amide bonds. The fourth-order valence-electron chi connectivity index (χ4n) is 3.77. The van der Waals surface area contributed by atoms with Gasteiger partial charge in [-0.3, -0.25) is 14.5 Å². The molecule has 6 nitrogen and oxygen atoms in total. The smallest absolute Gasteiger partial charge is 0.306 e. The third kappa shape index (κ3) is 5.68. The first kappa shape index (κ1) is 21.5. The lowest BCUT2D eigenvalue weighted by Gasteiger charge is -2.35. The molecule has 1 saturated heterocycles. The molecule has 0 bridgehead atoms. The van der Waals surface area contributed by atoms with Crippen LogP contribution in [-0.4, -0.2) is 58.9 Å². The van der Waals surface area contributed by atoms with Gasteiger partial charge in [0, 0.05) is 39.1 Å². The zero-order valence-electron chi connectivity index (χ0n) is 17.7. The van der Waals surface area contributed by atoms with Crippen LogP contribution in [0.5, 0.6) is 0 Å². The highest BCUT2D eigenvalue weighted by molar-refractivity contribution is 7.18. The van der Waals surface area contributed by atoms with Crippen molar-refractivity contribution in [2.45, 2.75) is 32.4 Å². The number of aryl methyl sites for hydroxylation is 1. The van der Waals surface area contributed by atoms with Gasteiger partial charge >= 0.3 is 5.97 Å². The summed E-state index contributed by atoms with van der Waals surface area (Å²) in [5.41, 5.74) is 2.23. The number of carbonyl (C=O) groups excluding carboxylic acids is 2. The van der Waals surface area contributed by atoms with Crippen molar-refractivity contribution < 1.29 is 14.3 Å². The quantitative estimate of drug-likeness (QED) is 0.530. The molecular weight excluding hydrogens is 410 g/mol. The topological polar surface area (TPSA) is 62.7 Å². The summed E-state index contributed by atoms with van der Waals surface area (Å²) in [7, 11) is 0. The number of piperazine rings is 1. The fraction of sp³-hybridized carbons (Fsp3) is 0.375. The molecule has 2 aromatic carbocycles. The first-order valence-electron chi connectivity index (χ1n) is 10.7. The van der Waals surface area contributed by atoms with Gasteiger partial charge in [-0.1, -0.05) is 42.5 Å². The van der Waals surface area contributed by atoms with Crippen molar-refractivity contribution in [2.24, 2.45) is 0 Å². The number of para-hydroxylation sites is 1. The van der Waals surface area contributed by atoms with Gasteiger partial charge in [0.05, 0.1) is 21.6 Å². The molecule has 4 rings (SSSR count). The Balaban J connectivity index is 1.20. The molecule has 1 atom stereocenters. The number of hydrogen-bond acceptors (Lipinski definition) is 6. The highest BCUT2D eigenvalue weighted by Crippen LogP contribution is 2.22. The number of fused-ring (bicyclic) bond motifs is 1. The van der Waals surface area contributed by atoms with Crippen LogP contribution in [0.2, 0.25) is 0 Å². The SMILES string of the molecule is CC(OC(=O)CCc1nc2ccccc2s1)C(=O)N1CCN(Cc2ccccc2)CC1. The highest BCUT2D eigenvalue weighted by Gasteiger charge is 2.27. The number of benzene rings is 2. The normalized spacial score (nSPS) is 15.7. The van der Waals surface area contributed by atoms with Crippen molar-refractivity contribution in [1.29, 1.82) is 0 Å². The maximum Gasteiger partial charge on any atom is 0.306 e. The number of ether oxygens (including phenoxy) is 1. The average molecular weight is 438 g/mol. The number of aromatic nitrogens is 1. The zero-order chi connectivity index (χ0) is 21.6. The van der Waals surface area contributed by atoms with Crippen LogP contribution in [0.4, 0.5) is 0 Å². The first-order chi connectivity index (χ1) is 15.1. The van der Waals surface area contributed by atoms with Crippen molar-refractivity contribution in [3.05, 3.63) is 65.2 Å². The first-order valence-corrected chi connectivity index (χ1v) is 11.5. The van der Waals surface area contributed by atoms with Crippen molar-refractivity contribution in [2.75, 3.05) is 26.2 Å². The number of thiazole rings is 1. The summed E-state index contributed by atoms with van der Waals surface area (Å²) in [5.74, 6) is -0.476. The molecule has 1 aliphatic heterocycles. The monoisotopic (exact) mass is 437 g/mol. The standard InChI is InChI=1S/C24H27N3O3S/c1-18(30-23(28)12-11-22-25-20-9-5-6-10-21(20)31-22)24(29)27-15-13-26(14-16-27)17-19-7-3-2-4-8-19/h2-10,18H,11-17H2,1H3. The summed E-state index contributed by atoms with van der Waals surface area (Å²) in [6.45, 7) is 5.49. The van der Waals surface area contributed by atoms with Crippen LogP contribution in [0.25, 0.3) is 10.2 Å². The van der Waals surface area contributed by atoms with E-state index in [-0.39, 0.29) is 18.3 Å². The average Bonchev–Trinajstić information content (AvgIpc) is 3.21. The molecule has 1 aromatic heterocycles. The summed E-state index contributed by atoms with van der Waals surface area (Å²) in [5, 5.41) is 0.909. The van der Waals surface area contributed by atoms with E-state index >= 15 is 0 Å². The molecule has 162 valence electrons. The lowest BCUT2D eigenvalue weighted by Crippen LogP contribution is -2.51. The van der Waals surface area contributed by atoms with Crippen molar-refractivity contribution >= 4 is 33.4 Å². The largest absolute Gasteiger partial charge is 0.453 e. The number of amides is 1. The van der Waals surface area contributed by atoms with Gasteiger partial charge in [0.25, 0.3) is 5.91 Å². The third-order valence-electron chi connectivity index (χ3n) is 5.47. The number of rotatable bonds is 7. The maximum atomic E-state index is 12.7. The van der Waals surface area contributed by atoms with Crippen molar-refractivity contribution in [1.82, 2.24) is 14.8 Å². The molecule has 0 saturated carbocycles. The van der Waals surface area contributed by atoms with Gasteiger partial charge in [-0.15, -0.1) is 11.3 Å². The van der Waals surface area contributed by atoms with Gasteiger partial charge in [0.1, 0.15) is 0 Å². The Morgan fingerprint density at radius 2 is 1.74 bits per heavy atom. The summed E-state index contributed by atoms with van der Waals surface area (Å²) >= 11 is 1.59. The number of hydrogen-bond donors (Lipinski definition) is 0. The maximum absolute atomic E-state index is 12.7. The van der Waals surface area contributed by atoms with E-state index in [0.717, 1.165) is 34.9 Å². The van der Waals surface area contributed by atoms with Crippen LogP contribution in [-0.2, 0) is 27.3 Å². The molecule has 0 N–H and O–H groups in total.